The number of fused-ring (bicyclic) bond motifs is 1. The molecular formula is C8H3F3N4O. The minimum atomic E-state index is -4.70. The Balaban J connectivity index is 2.85. The lowest BCUT2D eigenvalue weighted by Gasteiger charge is -2.04. The minimum absolute atomic E-state index is 0.136. The Kier molecular flexibility index (Phi) is 1.98. The van der Waals surface area contributed by atoms with Gasteiger partial charge in [0.1, 0.15) is 0 Å². The molecule has 2 heterocycles. The maximum atomic E-state index is 12.3. The van der Waals surface area contributed by atoms with E-state index >= 15 is 0 Å². The smallest absolute Gasteiger partial charge is 0.308 e. The Morgan fingerprint density at radius 1 is 1.50 bits per heavy atom. The number of aromatic nitrogens is 3. The van der Waals surface area contributed by atoms with Crippen molar-refractivity contribution in [2.24, 2.45) is 0 Å². The van der Waals surface area contributed by atoms with Gasteiger partial charge < -0.3 is 5.10 Å². The Hall–Kier alpha value is -2.30. The summed E-state index contributed by atoms with van der Waals surface area (Å²) in [6, 6.07) is 0.372. The van der Waals surface area contributed by atoms with Crippen LogP contribution >= 0.6 is 0 Å². The Morgan fingerprint density at radius 2 is 2.19 bits per heavy atom. The van der Waals surface area contributed by atoms with Gasteiger partial charge in [0.15, 0.2) is 11.3 Å². The molecule has 0 aliphatic carbocycles. The van der Waals surface area contributed by atoms with Crippen LogP contribution in [0.5, 0.6) is 0 Å². The third-order valence-electron chi connectivity index (χ3n) is 1.89. The molecule has 0 amide bonds. The van der Waals surface area contributed by atoms with Crippen molar-refractivity contribution in [3.05, 3.63) is 39.7 Å². The first kappa shape index (κ1) is 10.2. The topological polar surface area (TPSA) is 54.5 Å². The number of nitrogens with zero attached hydrogens (tertiary/aromatic N) is 3. The Labute approximate surface area is 85.9 Å². The standard InChI is InChI=1S/C8H3F3N4O/c1-12-4-3-13-15-6(16)2-5(8(9,10)11)14-7(4)15/h2-3,13H. The van der Waals surface area contributed by atoms with E-state index in [2.05, 4.69) is 14.9 Å². The summed E-state index contributed by atoms with van der Waals surface area (Å²) in [7, 11) is 0. The molecule has 2 aromatic rings. The van der Waals surface area contributed by atoms with Gasteiger partial charge >= 0.3 is 6.18 Å². The van der Waals surface area contributed by atoms with Crippen LogP contribution in [0.4, 0.5) is 18.9 Å². The molecule has 0 atom stereocenters. The van der Waals surface area contributed by atoms with E-state index in [0.29, 0.717) is 6.07 Å². The maximum Gasteiger partial charge on any atom is 0.433 e. The van der Waals surface area contributed by atoms with Gasteiger partial charge in [-0.3, -0.25) is 4.79 Å². The van der Waals surface area contributed by atoms with E-state index in [1.54, 1.807) is 0 Å². The molecule has 82 valence electrons. The monoisotopic (exact) mass is 228 g/mol. The van der Waals surface area contributed by atoms with Gasteiger partial charge in [0.05, 0.1) is 6.57 Å². The molecule has 0 spiro atoms. The molecule has 0 aliphatic rings. The Morgan fingerprint density at radius 3 is 2.75 bits per heavy atom. The number of hydrogen-bond donors (Lipinski definition) is 1. The third-order valence-corrected chi connectivity index (χ3v) is 1.89. The molecule has 0 unspecified atom stereocenters. The molecule has 2 rings (SSSR count). The van der Waals surface area contributed by atoms with Gasteiger partial charge in [0.2, 0.25) is 5.69 Å². The normalized spacial score (nSPS) is 11.6. The molecule has 2 aromatic heterocycles. The van der Waals surface area contributed by atoms with Gasteiger partial charge in [-0.05, 0) is 0 Å². The second-order valence-corrected chi connectivity index (χ2v) is 2.91. The van der Waals surface area contributed by atoms with Crippen LogP contribution in [0.1, 0.15) is 5.69 Å². The zero-order chi connectivity index (χ0) is 11.9. The molecule has 1 N–H and O–H groups in total. The van der Waals surface area contributed by atoms with Gasteiger partial charge in [-0.2, -0.15) is 13.2 Å². The quantitative estimate of drug-likeness (QED) is 0.696. The van der Waals surface area contributed by atoms with Crippen LogP contribution < -0.4 is 5.56 Å². The molecule has 16 heavy (non-hydrogen) atoms. The summed E-state index contributed by atoms with van der Waals surface area (Å²) in [5.74, 6) is 0. The van der Waals surface area contributed by atoms with E-state index < -0.39 is 17.4 Å². The van der Waals surface area contributed by atoms with E-state index in [4.69, 9.17) is 6.57 Å². The van der Waals surface area contributed by atoms with Crippen LogP contribution in [0, 0.1) is 6.57 Å². The first-order valence-electron chi connectivity index (χ1n) is 3.99. The van der Waals surface area contributed by atoms with E-state index in [-0.39, 0.29) is 11.3 Å². The number of aromatic amines is 1. The molecule has 0 radical (unpaired) electrons. The summed E-state index contributed by atoms with van der Waals surface area (Å²) >= 11 is 0. The lowest BCUT2D eigenvalue weighted by atomic mass is 10.4. The Bertz CT molecular complexity index is 646. The largest absolute Gasteiger partial charge is 0.433 e. The number of alkyl halides is 3. The van der Waals surface area contributed by atoms with Gasteiger partial charge in [0.25, 0.3) is 5.56 Å². The van der Waals surface area contributed by atoms with Crippen LogP contribution in [0.25, 0.3) is 10.5 Å². The van der Waals surface area contributed by atoms with Crippen LogP contribution in [-0.2, 0) is 6.18 Å². The second kappa shape index (κ2) is 3.10. The highest BCUT2D eigenvalue weighted by molar-refractivity contribution is 5.67. The van der Waals surface area contributed by atoms with Gasteiger partial charge in [0, 0.05) is 12.3 Å². The first-order chi connectivity index (χ1) is 7.43. The van der Waals surface area contributed by atoms with Gasteiger partial charge in [-0.15, -0.1) is 0 Å². The fourth-order valence-corrected chi connectivity index (χ4v) is 1.20. The van der Waals surface area contributed by atoms with Gasteiger partial charge in [-0.1, -0.05) is 0 Å². The summed E-state index contributed by atoms with van der Waals surface area (Å²) in [5.41, 5.74) is -2.67. The molecule has 0 aromatic carbocycles. The van der Waals surface area contributed by atoms with E-state index in [1.807, 2.05) is 0 Å². The van der Waals surface area contributed by atoms with Crippen LogP contribution in [-0.4, -0.2) is 14.6 Å². The van der Waals surface area contributed by atoms with Crippen molar-refractivity contribution < 1.29 is 13.2 Å². The molecule has 0 bridgehead atoms. The number of H-pyrrole nitrogens is 1. The van der Waals surface area contributed by atoms with Crippen molar-refractivity contribution in [1.82, 2.24) is 14.6 Å². The lowest BCUT2D eigenvalue weighted by Crippen LogP contribution is -2.19. The summed E-state index contributed by atoms with van der Waals surface area (Å²) in [5, 5.41) is 2.35. The summed E-state index contributed by atoms with van der Waals surface area (Å²) in [6.45, 7) is 6.71. The van der Waals surface area contributed by atoms with Crippen molar-refractivity contribution in [3.8, 4) is 0 Å². The van der Waals surface area contributed by atoms with Crippen molar-refractivity contribution in [2.75, 3.05) is 0 Å². The zero-order valence-corrected chi connectivity index (χ0v) is 7.54. The summed E-state index contributed by atoms with van der Waals surface area (Å²) in [4.78, 5) is 17.4. The van der Waals surface area contributed by atoms with E-state index in [1.165, 1.54) is 0 Å². The van der Waals surface area contributed by atoms with Crippen molar-refractivity contribution in [1.29, 1.82) is 0 Å². The predicted molar refractivity (Wildman–Crippen MR) is 47.1 cm³/mol. The first-order valence-corrected chi connectivity index (χ1v) is 3.99. The number of nitrogens with one attached hydrogen (secondary N) is 1. The molecule has 0 saturated carbocycles. The average molecular weight is 228 g/mol. The van der Waals surface area contributed by atoms with Crippen LogP contribution in [0.2, 0.25) is 0 Å². The number of rotatable bonds is 0. The molecule has 0 aliphatic heterocycles. The highest BCUT2D eigenvalue weighted by Crippen LogP contribution is 2.28. The molecule has 8 heteroatoms. The third kappa shape index (κ3) is 1.42. The molecular weight excluding hydrogens is 225 g/mol. The summed E-state index contributed by atoms with van der Waals surface area (Å²) < 4.78 is 37.8. The maximum absolute atomic E-state index is 12.3. The fourth-order valence-electron chi connectivity index (χ4n) is 1.20. The lowest BCUT2D eigenvalue weighted by molar-refractivity contribution is -0.141. The summed E-state index contributed by atoms with van der Waals surface area (Å²) in [6.07, 6.45) is -3.58. The highest BCUT2D eigenvalue weighted by atomic mass is 19.4. The molecule has 0 saturated heterocycles. The average Bonchev–Trinajstić information content (AvgIpc) is 2.59. The van der Waals surface area contributed by atoms with Crippen molar-refractivity contribution in [2.45, 2.75) is 6.18 Å². The fraction of sp³-hybridized carbons (Fsp3) is 0.125. The van der Waals surface area contributed by atoms with E-state index in [9.17, 15) is 18.0 Å². The number of hydrogen-bond acceptors (Lipinski definition) is 2. The predicted octanol–water partition coefficient (Wildman–Crippen LogP) is 1.59. The highest BCUT2D eigenvalue weighted by Gasteiger charge is 2.33. The molecule has 0 fully saturated rings. The second-order valence-electron chi connectivity index (χ2n) is 2.91. The van der Waals surface area contributed by atoms with E-state index in [0.717, 1.165) is 10.7 Å². The SMILES string of the molecule is [C-]#[N+]c1c[nH]n2c(=O)cc(C(F)(F)F)nc12. The number of halogens is 3. The van der Waals surface area contributed by atoms with Crippen molar-refractivity contribution in [3.63, 3.8) is 0 Å². The van der Waals surface area contributed by atoms with Crippen LogP contribution in [0.15, 0.2) is 17.1 Å². The van der Waals surface area contributed by atoms with Crippen molar-refractivity contribution >= 4 is 11.3 Å². The van der Waals surface area contributed by atoms with Gasteiger partial charge in [-0.25, -0.2) is 14.3 Å². The van der Waals surface area contributed by atoms with Crippen LogP contribution in [0.3, 0.4) is 0 Å². The zero-order valence-electron chi connectivity index (χ0n) is 7.54. The minimum Gasteiger partial charge on any atom is -0.308 e. The molecule has 5 nitrogen and oxygen atoms in total.